The normalized spacial score (nSPS) is 12.2. The summed E-state index contributed by atoms with van der Waals surface area (Å²) in [6.45, 7) is 4.21. The quantitative estimate of drug-likeness (QED) is 0.349. The maximum absolute atomic E-state index is 13.2. The largest absolute Gasteiger partial charge is 0.465 e. The van der Waals surface area contributed by atoms with Gasteiger partial charge < -0.3 is 4.74 Å². The van der Waals surface area contributed by atoms with E-state index in [1.165, 1.54) is 0 Å². The molecule has 0 N–H and O–H groups in total. The van der Waals surface area contributed by atoms with E-state index in [1.54, 1.807) is 0 Å². The van der Waals surface area contributed by atoms with Crippen molar-refractivity contribution in [2.75, 3.05) is 6.61 Å². The first-order chi connectivity index (χ1) is 7.61. The molecule has 0 heterocycles. The van der Waals surface area contributed by atoms with E-state index in [9.17, 15) is 14.0 Å². The maximum Gasteiger partial charge on any atom is 0.313 e. The minimum absolute atomic E-state index is 0.206. The fourth-order valence-electron chi connectivity index (χ4n) is 1.18. The van der Waals surface area contributed by atoms with Crippen LogP contribution in [0.4, 0.5) is 4.39 Å². The van der Waals surface area contributed by atoms with Crippen molar-refractivity contribution >= 4 is 11.8 Å². The summed E-state index contributed by atoms with van der Waals surface area (Å²) in [7, 11) is 0. The molecule has 16 heavy (non-hydrogen) atoms. The Balaban J connectivity index is 3.72. The van der Waals surface area contributed by atoms with Crippen molar-refractivity contribution in [1.82, 2.24) is 0 Å². The lowest BCUT2D eigenvalue weighted by molar-refractivity contribution is -0.147. The van der Waals surface area contributed by atoms with E-state index in [1.807, 2.05) is 13.8 Å². The van der Waals surface area contributed by atoms with Crippen LogP contribution in [0, 0.1) is 0 Å². The molecule has 0 aliphatic rings. The summed E-state index contributed by atoms with van der Waals surface area (Å²) in [4.78, 5) is 22.3. The first-order valence-corrected chi connectivity index (χ1v) is 5.94. The van der Waals surface area contributed by atoms with Crippen LogP contribution in [0.25, 0.3) is 0 Å². The van der Waals surface area contributed by atoms with Crippen LogP contribution < -0.4 is 0 Å². The van der Waals surface area contributed by atoms with Gasteiger partial charge in [-0.1, -0.05) is 33.1 Å². The number of hydrogen-bond donors (Lipinski definition) is 0. The number of unbranched alkanes of at least 4 members (excludes halogenated alkanes) is 2. The number of hydrogen-bond acceptors (Lipinski definition) is 3. The Bertz CT molecular complexity index is 216. The summed E-state index contributed by atoms with van der Waals surface area (Å²) < 4.78 is 18.0. The van der Waals surface area contributed by atoms with Crippen molar-refractivity contribution in [3.63, 3.8) is 0 Å². The van der Waals surface area contributed by atoms with Gasteiger partial charge in [0.1, 0.15) is 6.42 Å². The molecular weight excluding hydrogens is 211 g/mol. The molecule has 4 heteroatoms. The molecule has 0 rings (SSSR count). The fraction of sp³-hybridized carbons (Fsp3) is 0.833. The SMILES string of the molecule is CCCCOC(=O)CC(=O)C(F)CCCC. The third-order valence-electron chi connectivity index (χ3n) is 2.24. The number of ether oxygens (including phenoxy) is 1. The van der Waals surface area contributed by atoms with Crippen LogP contribution in [-0.4, -0.2) is 24.5 Å². The molecule has 0 saturated heterocycles. The van der Waals surface area contributed by atoms with Crippen molar-refractivity contribution < 1.29 is 18.7 Å². The molecule has 1 unspecified atom stereocenters. The zero-order chi connectivity index (χ0) is 12.4. The number of Topliss-reactive ketones (excluding diaryl/α,β-unsaturated/α-hetero) is 1. The number of carbonyl (C=O) groups excluding carboxylic acids is 2. The van der Waals surface area contributed by atoms with Crippen LogP contribution in [-0.2, 0) is 14.3 Å². The Morgan fingerprint density at radius 1 is 1.19 bits per heavy atom. The molecule has 1 atom stereocenters. The molecule has 3 nitrogen and oxygen atoms in total. The number of carbonyl (C=O) groups is 2. The molecule has 0 radical (unpaired) electrons. The summed E-state index contributed by atoms with van der Waals surface area (Å²) in [5, 5.41) is 0. The van der Waals surface area contributed by atoms with E-state index < -0.39 is 24.3 Å². The highest BCUT2D eigenvalue weighted by Gasteiger charge is 2.20. The molecule has 0 spiro atoms. The molecule has 94 valence electrons. The predicted molar refractivity (Wildman–Crippen MR) is 59.9 cm³/mol. The van der Waals surface area contributed by atoms with Gasteiger partial charge >= 0.3 is 5.97 Å². The molecule has 0 aromatic carbocycles. The summed E-state index contributed by atoms with van der Waals surface area (Å²) in [6, 6.07) is 0. The van der Waals surface area contributed by atoms with E-state index >= 15 is 0 Å². The van der Waals surface area contributed by atoms with Crippen LogP contribution in [0.1, 0.15) is 52.4 Å². The van der Waals surface area contributed by atoms with Gasteiger partial charge in [-0.15, -0.1) is 0 Å². The number of alkyl halides is 1. The van der Waals surface area contributed by atoms with Crippen LogP contribution in [0.2, 0.25) is 0 Å². The van der Waals surface area contributed by atoms with Gasteiger partial charge in [0.2, 0.25) is 0 Å². The number of rotatable bonds is 9. The number of ketones is 1. The highest BCUT2D eigenvalue weighted by molar-refractivity contribution is 5.97. The summed E-state index contributed by atoms with van der Waals surface area (Å²) in [6.07, 6.45) is 1.45. The van der Waals surface area contributed by atoms with Crippen molar-refractivity contribution in [1.29, 1.82) is 0 Å². The maximum atomic E-state index is 13.2. The second kappa shape index (κ2) is 9.31. The Kier molecular flexibility index (Phi) is 8.77. The molecule has 0 aliphatic heterocycles. The van der Waals surface area contributed by atoms with E-state index in [0.29, 0.717) is 13.0 Å². The van der Waals surface area contributed by atoms with Gasteiger partial charge in [0.25, 0.3) is 0 Å². The average Bonchev–Trinajstić information content (AvgIpc) is 2.26. The van der Waals surface area contributed by atoms with Crippen molar-refractivity contribution in [2.24, 2.45) is 0 Å². The zero-order valence-corrected chi connectivity index (χ0v) is 10.1. The molecular formula is C12H21FO3. The minimum atomic E-state index is -1.52. The lowest BCUT2D eigenvalue weighted by atomic mass is 10.1. The monoisotopic (exact) mass is 232 g/mol. The van der Waals surface area contributed by atoms with Gasteiger partial charge in [-0.25, -0.2) is 4.39 Å². The zero-order valence-electron chi connectivity index (χ0n) is 10.1. The minimum Gasteiger partial charge on any atom is -0.465 e. The van der Waals surface area contributed by atoms with E-state index in [4.69, 9.17) is 4.74 Å². The van der Waals surface area contributed by atoms with Crippen LogP contribution in [0.3, 0.4) is 0 Å². The molecule has 0 aromatic rings. The topological polar surface area (TPSA) is 43.4 Å². The second-order valence-electron chi connectivity index (χ2n) is 3.83. The van der Waals surface area contributed by atoms with Gasteiger partial charge in [0.15, 0.2) is 12.0 Å². The number of esters is 1. The highest BCUT2D eigenvalue weighted by atomic mass is 19.1. The highest BCUT2D eigenvalue weighted by Crippen LogP contribution is 2.08. The summed E-state index contributed by atoms with van der Waals surface area (Å²) in [5.41, 5.74) is 0. The Labute approximate surface area is 96.4 Å². The Morgan fingerprint density at radius 2 is 1.81 bits per heavy atom. The van der Waals surface area contributed by atoms with E-state index in [2.05, 4.69) is 0 Å². The molecule has 0 saturated carbocycles. The van der Waals surface area contributed by atoms with Crippen molar-refractivity contribution in [3.8, 4) is 0 Å². The van der Waals surface area contributed by atoms with Gasteiger partial charge in [0, 0.05) is 0 Å². The third-order valence-corrected chi connectivity index (χ3v) is 2.24. The predicted octanol–water partition coefficient (Wildman–Crippen LogP) is 2.82. The standard InChI is InChI=1S/C12H21FO3/c1-3-5-7-10(13)11(14)9-12(15)16-8-6-4-2/h10H,3-9H2,1-2H3. The lowest BCUT2D eigenvalue weighted by Crippen LogP contribution is -2.20. The lowest BCUT2D eigenvalue weighted by Gasteiger charge is -2.06. The molecule has 0 fully saturated rings. The molecule has 0 aliphatic carbocycles. The van der Waals surface area contributed by atoms with Crippen molar-refractivity contribution in [3.05, 3.63) is 0 Å². The first-order valence-electron chi connectivity index (χ1n) is 5.94. The van der Waals surface area contributed by atoms with Gasteiger partial charge in [-0.05, 0) is 12.8 Å². The summed E-state index contributed by atoms with van der Waals surface area (Å²) in [5.74, 6) is -1.27. The van der Waals surface area contributed by atoms with Gasteiger partial charge in [-0.3, -0.25) is 9.59 Å². The second-order valence-corrected chi connectivity index (χ2v) is 3.83. The fourth-order valence-corrected chi connectivity index (χ4v) is 1.18. The van der Waals surface area contributed by atoms with E-state index in [0.717, 1.165) is 19.3 Å². The molecule has 0 bridgehead atoms. The Hall–Kier alpha value is -0.930. The summed E-state index contributed by atoms with van der Waals surface area (Å²) >= 11 is 0. The third kappa shape index (κ3) is 7.37. The smallest absolute Gasteiger partial charge is 0.313 e. The average molecular weight is 232 g/mol. The Morgan fingerprint density at radius 3 is 2.38 bits per heavy atom. The van der Waals surface area contributed by atoms with Crippen LogP contribution >= 0.6 is 0 Å². The van der Waals surface area contributed by atoms with Crippen molar-refractivity contribution in [2.45, 2.75) is 58.5 Å². The first kappa shape index (κ1) is 15.1. The molecule has 0 amide bonds. The van der Waals surface area contributed by atoms with Crippen LogP contribution in [0.15, 0.2) is 0 Å². The van der Waals surface area contributed by atoms with E-state index in [-0.39, 0.29) is 6.42 Å². The van der Waals surface area contributed by atoms with Crippen LogP contribution in [0.5, 0.6) is 0 Å². The van der Waals surface area contributed by atoms with Gasteiger partial charge in [-0.2, -0.15) is 0 Å². The van der Waals surface area contributed by atoms with Gasteiger partial charge in [0.05, 0.1) is 6.61 Å². The number of halogens is 1. The molecule has 0 aromatic heterocycles.